The Balaban J connectivity index is 2.16. The first-order chi connectivity index (χ1) is 7.24. The Morgan fingerprint density at radius 2 is 2.27 bits per heavy atom. The van der Waals surface area contributed by atoms with E-state index in [2.05, 4.69) is 46.6 Å². The predicted octanol–water partition coefficient (Wildman–Crippen LogP) is 4.30. The molecule has 4 heteroatoms. The summed E-state index contributed by atoms with van der Waals surface area (Å²) in [6.45, 7) is 3.35. The van der Waals surface area contributed by atoms with E-state index in [-0.39, 0.29) is 0 Å². The maximum Gasteiger partial charge on any atom is 0.0701 e. The highest BCUT2D eigenvalue weighted by Crippen LogP contribution is 2.26. The molecule has 1 heterocycles. The summed E-state index contributed by atoms with van der Waals surface area (Å²) in [4.78, 5) is 1.41. The molecule has 0 aliphatic heterocycles. The zero-order valence-corrected chi connectivity index (χ0v) is 12.5. The maximum absolute atomic E-state index is 3.55. The van der Waals surface area contributed by atoms with Gasteiger partial charge in [0, 0.05) is 10.9 Å². The summed E-state index contributed by atoms with van der Waals surface area (Å²) in [5.74, 6) is 1.28. The van der Waals surface area contributed by atoms with Crippen LogP contribution in [0.3, 0.4) is 0 Å². The first-order valence-corrected chi connectivity index (χ1v) is 8.22. The summed E-state index contributed by atoms with van der Waals surface area (Å²) < 4.78 is 1.22. The fourth-order valence-corrected chi connectivity index (χ4v) is 3.29. The van der Waals surface area contributed by atoms with Crippen LogP contribution in [0.15, 0.2) is 15.9 Å². The van der Waals surface area contributed by atoms with E-state index in [1.807, 2.05) is 23.1 Å². The molecule has 15 heavy (non-hydrogen) atoms. The van der Waals surface area contributed by atoms with Crippen molar-refractivity contribution in [3.05, 3.63) is 20.8 Å². The molecule has 0 amide bonds. The Morgan fingerprint density at radius 1 is 1.47 bits per heavy atom. The van der Waals surface area contributed by atoms with Crippen LogP contribution in [0, 0.1) is 0 Å². The van der Waals surface area contributed by atoms with Crippen LogP contribution >= 0.6 is 39.0 Å². The van der Waals surface area contributed by atoms with Crippen molar-refractivity contribution in [2.24, 2.45) is 0 Å². The van der Waals surface area contributed by atoms with Crippen molar-refractivity contribution in [2.75, 3.05) is 18.6 Å². The van der Waals surface area contributed by atoms with Crippen molar-refractivity contribution >= 4 is 39.0 Å². The summed E-state index contributed by atoms with van der Waals surface area (Å²) >= 11 is 7.23. The number of unbranched alkanes of at least 4 members (excludes halogenated alkanes) is 1. The van der Waals surface area contributed by atoms with Crippen molar-refractivity contribution in [2.45, 2.75) is 25.8 Å². The monoisotopic (exact) mass is 307 g/mol. The van der Waals surface area contributed by atoms with Crippen LogP contribution in [-0.4, -0.2) is 18.6 Å². The van der Waals surface area contributed by atoms with E-state index in [4.69, 9.17) is 0 Å². The summed E-state index contributed by atoms with van der Waals surface area (Å²) in [5, 5.41) is 3.55. The predicted molar refractivity (Wildman–Crippen MR) is 76.1 cm³/mol. The molecule has 86 valence electrons. The second-order valence-corrected chi connectivity index (χ2v) is 7.00. The molecule has 0 aliphatic carbocycles. The minimum Gasteiger partial charge on any atom is -0.309 e. The van der Waals surface area contributed by atoms with Gasteiger partial charge in [-0.3, -0.25) is 0 Å². The molecule has 0 aromatic carbocycles. The lowest BCUT2D eigenvalue weighted by molar-refractivity contribution is 0.562. The van der Waals surface area contributed by atoms with Gasteiger partial charge >= 0.3 is 0 Å². The molecule has 1 unspecified atom stereocenters. The van der Waals surface area contributed by atoms with Crippen LogP contribution in [0.2, 0.25) is 0 Å². The summed E-state index contributed by atoms with van der Waals surface area (Å²) in [7, 11) is 0. The molecule has 1 nitrogen and oxygen atoms in total. The molecule has 1 atom stereocenters. The molecule has 0 aliphatic rings. The third-order valence-electron chi connectivity index (χ3n) is 2.25. The van der Waals surface area contributed by atoms with E-state index in [1.54, 1.807) is 0 Å². The summed E-state index contributed by atoms with van der Waals surface area (Å²) in [6, 6.07) is 4.79. The van der Waals surface area contributed by atoms with Crippen LogP contribution < -0.4 is 5.32 Å². The normalized spacial score (nSPS) is 13.0. The number of thiophene rings is 1. The lowest BCUT2D eigenvalue weighted by Crippen LogP contribution is -2.19. The molecular formula is C11H18BrNS2. The molecular weight excluding hydrogens is 290 g/mol. The van der Waals surface area contributed by atoms with Crippen LogP contribution in [0.5, 0.6) is 0 Å². The Labute approximate surface area is 109 Å². The van der Waals surface area contributed by atoms with Gasteiger partial charge in [-0.25, -0.2) is 0 Å². The molecule has 1 N–H and O–H groups in total. The zero-order chi connectivity index (χ0) is 11.1. The molecule has 1 rings (SSSR count). The Hall–Kier alpha value is 0.490. The van der Waals surface area contributed by atoms with E-state index < -0.39 is 0 Å². The second kappa shape index (κ2) is 7.71. The van der Waals surface area contributed by atoms with Crippen LogP contribution in [-0.2, 0) is 0 Å². The second-order valence-electron chi connectivity index (χ2n) is 3.52. The fourth-order valence-electron chi connectivity index (χ4n) is 1.35. The Morgan fingerprint density at radius 3 is 2.87 bits per heavy atom. The SMILES string of the molecule is CSCCCCNC(C)c1ccc(Br)s1. The quantitative estimate of drug-likeness (QED) is 0.754. The molecule has 0 saturated carbocycles. The minimum absolute atomic E-state index is 0.482. The largest absolute Gasteiger partial charge is 0.309 e. The third-order valence-corrected chi connectivity index (χ3v) is 4.75. The Bertz CT molecular complexity index is 275. The summed E-state index contributed by atoms with van der Waals surface area (Å²) in [5.41, 5.74) is 0. The number of hydrogen-bond donors (Lipinski definition) is 1. The van der Waals surface area contributed by atoms with E-state index in [0.29, 0.717) is 6.04 Å². The molecule has 1 aromatic rings. The van der Waals surface area contributed by atoms with Crippen LogP contribution in [0.25, 0.3) is 0 Å². The highest BCUT2D eigenvalue weighted by Gasteiger charge is 2.06. The third kappa shape index (κ3) is 5.38. The highest BCUT2D eigenvalue weighted by atomic mass is 79.9. The van der Waals surface area contributed by atoms with Gasteiger partial charge in [-0.2, -0.15) is 11.8 Å². The van der Waals surface area contributed by atoms with Gasteiger partial charge in [-0.15, -0.1) is 11.3 Å². The molecule has 1 aromatic heterocycles. The van der Waals surface area contributed by atoms with Gasteiger partial charge in [0.2, 0.25) is 0 Å². The lowest BCUT2D eigenvalue weighted by Gasteiger charge is -2.11. The Kier molecular flexibility index (Phi) is 6.97. The van der Waals surface area contributed by atoms with Gasteiger partial charge < -0.3 is 5.32 Å². The topological polar surface area (TPSA) is 12.0 Å². The number of nitrogens with one attached hydrogen (secondary N) is 1. The average molecular weight is 308 g/mol. The smallest absolute Gasteiger partial charge is 0.0701 e. The van der Waals surface area contributed by atoms with Gasteiger partial charge in [0.15, 0.2) is 0 Å². The van der Waals surface area contributed by atoms with Crippen LogP contribution in [0.4, 0.5) is 0 Å². The molecule has 0 bridgehead atoms. The van der Waals surface area contributed by atoms with Gasteiger partial charge in [0.05, 0.1) is 3.79 Å². The minimum atomic E-state index is 0.482. The molecule has 0 saturated heterocycles. The average Bonchev–Trinajstić information content (AvgIpc) is 2.64. The van der Waals surface area contributed by atoms with Crippen molar-refractivity contribution in [3.8, 4) is 0 Å². The number of hydrogen-bond acceptors (Lipinski definition) is 3. The van der Waals surface area contributed by atoms with Gasteiger partial charge in [0.1, 0.15) is 0 Å². The first-order valence-electron chi connectivity index (χ1n) is 5.21. The van der Waals surface area contributed by atoms with Crippen molar-refractivity contribution in [1.82, 2.24) is 5.32 Å². The van der Waals surface area contributed by atoms with Crippen LogP contribution in [0.1, 0.15) is 30.7 Å². The van der Waals surface area contributed by atoms with Gasteiger partial charge in [0.25, 0.3) is 0 Å². The highest BCUT2D eigenvalue weighted by molar-refractivity contribution is 9.11. The number of rotatable bonds is 7. The van der Waals surface area contributed by atoms with E-state index in [1.165, 1.54) is 27.3 Å². The summed E-state index contributed by atoms with van der Waals surface area (Å²) in [6.07, 6.45) is 4.76. The van der Waals surface area contributed by atoms with Gasteiger partial charge in [-0.05, 0) is 66.4 Å². The van der Waals surface area contributed by atoms with E-state index >= 15 is 0 Å². The van der Waals surface area contributed by atoms with E-state index in [9.17, 15) is 0 Å². The molecule has 0 radical (unpaired) electrons. The van der Waals surface area contributed by atoms with Crippen molar-refractivity contribution in [1.29, 1.82) is 0 Å². The van der Waals surface area contributed by atoms with E-state index in [0.717, 1.165) is 6.54 Å². The zero-order valence-electron chi connectivity index (χ0n) is 9.25. The van der Waals surface area contributed by atoms with Crippen molar-refractivity contribution in [3.63, 3.8) is 0 Å². The number of thioether (sulfide) groups is 1. The standard InChI is InChI=1S/C11H18BrNS2/c1-9(10-5-6-11(12)15-10)13-7-3-4-8-14-2/h5-6,9,13H,3-4,7-8H2,1-2H3. The molecule has 0 spiro atoms. The molecule has 0 fully saturated rings. The number of halogens is 1. The lowest BCUT2D eigenvalue weighted by atomic mass is 10.2. The fraction of sp³-hybridized carbons (Fsp3) is 0.636. The van der Waals surface area contributed by atoms with Gasteiger partial charge in [-0.1, -0.05) is 0 Å². The first kappa shape index (κ1) is 13.6. The van der Waals surface area contributed by atoms with Crippen molar-refractivity contribution < 1.29 is 0 Å². The maximum atomic E-state index is 3.55.